The normalized spacial score (nSPS) is 32.9. The third kappa shape index (κ3) is 2.99. The molecular formula is C13H24N2O2. The van der Waals surface area contributed by atoms with E-state index in [1.165, 1.54) is 0 Å². The van der Waals surface area contributed by atoms with Gasteiger partial charge in [-0.1, -0.05) is 6.92 Å². The number of ether oxygens (including phenoxy) is 1. The Morgan fingerprint density at radius 1 is 1.47 bits per heavy atom. The smallest absolute Gasteiger partial charge is 0.227 e. The van der Waals surface area contributed by atoms with Gasteiger partial charge in [-0.25, -0.2) is 0 Å². The maximum Gasteiger partial charge on any atom is 0.227 e. The summed E-state index contributed by atoms with van der Waals surface area (Å²) in [6, 6.07) is 0. The third-order valence-corrected chi connectivity index (χ3v) is 4.03. The van der Waals surface area contributed by atoms with Crippen molar-refractivity contribution in [3.63, 3.8) is 0 Å². The van der Waals surface area contributed by atoms with Crippen molar-refractivity contribution in [2.75, 3.05) is 39.4 Å². The van der Waals surface area contributed by atoms with Gasteiger partial charge in [-0.15, -0.1) is 0 Å². The van der Waals surface area contributed by atoms with Gasteiger partial charge in [-0.3, -0.25) is 4.79 Å². The van der Waals surface area contributed by atoms with Crippen molar-refractivity contribution in [2.24, 2.45) is 17.8 Å². The Kier molecular flexibility index (Phi) is 4.40. The summed E-state index contributed by atoms with van der Waals surface area (Å²) in [5.41, 5.74) is 0. The Labute approximate surface area is 104 Å². The van der Waals surface area contributed by atoms with Gasteiger partial charge in [0.2, 0.25) is 5.91 Å². The molecule has 2 heterocycles. The zero-order valence-electron chi connectivity index (χ0n) is 10.9. The lowest BCUT2D eigenvalue weighted by Crippen LogP contribution is -2.41. The first kappa shape index (κ1) is 12.8. The highest BCUT2D eigenvalue weighted by Crippen LogP contribution is 2.21. The van der Waals surface area contributed by atoms with Gasteiger partial charge in [0.05, 0.1) is 12.5 Å². The summed E-state index contributed by atoms with van der Waals surface area (Å²) < 4.78 is 5.38. The van der Waals surface area contributed by atoms with Gasteiger partial charge in [0.15, 0.2) is 0 Å². The van der Waals surface area contributed by atoms with E-state index in [9.17, 15) is 4.79 Å². The van der Waals surface area contributed by atoms with Crippen molar-refractivity contribution in [3.05, 3.63) is 0 Å². The van der Waals surface area contributed by atoms with Gasteiger partial charge in [0, 0.05) is 32.2 Å². The van der Waals surface area contributed by atoms with Crippen molar-refractivity contribution in [1.29, 1.82) is 0 Å². The van der Waals surface area contributed by atoms with Crippen LogP contribution in [-0.4, -0.2) is 50.2 Å². The van der Waals surface area contributed by atoms with Gasteiger partial charge in [-0.2, -0.15) is 0 Å². The first-order valence-corrected chi connectivity index (χ1v) is 6.79. The van der Waals surface area contributed by atoms with Crippen LogP contribution in [-0.2, 0) is 9.53 Å². The second kappa shape index (κ2) is 5.83. The largest absolute Gasteiger partial charge is 0.381 e. The van der Waals surface area contributed by atoms with E-state index in [0.717, 1.165) is 45.8 Å². The van der Waals surface area contributed by atoms with Gasteiger partial charge in [-0.05, 0) is 25.8 Å². The average Bonchev–Trinajstić information content (AvgIpc) is 2.96. The summed E-state index contributed by atoms with van der Waals surface area (Å²) in [6.45, 7) is 9.42. The van der Waals surface area contributed by atoms with Crippen molar-refractivity contribution < 1.29 is 9.53 Å². The Morgan fingerprint density at radius 2 is 2.29 bits per heavy atom. The molecule has 0 radical (unpaired) electrons. The number of carbonyl (C=O) groups is 1. The zero-order valence-corrected chi connectivity index (χ0v) is 10.9. The van der Waals surface area contributed by atoms with E-state index in [1.54, 1.807) is 0 Å². The van der Waals surface area contributed by atoms with E-state index in [1.807, 2.05) is 4.90 Å². The fourth-order valence-corrected chi connectivity index (χ4v) is 2.79. The van der Waals surface area contributed by atoms with Crippen LogP contribution in [0.15, 0.2) is 0 Å². The highest BCUT2D eigenvalue weighted by atomic mass is 16.5. The molecule has 2 fully saturated rings. The lowest BCUT2D eigenvalue weighted by atomic mass is 9.96. The number of hydrogen-bond acceptors (Lipinski definition) is 3. The predicted octanol–water partition coefficient (Wildman–Crippen LogP) is 0.727. The molecule has 0 aromatic carbocycles. The number of rotatable bonds is 4. The minimum atomic E-state index is 0.178. The lowest BCUT2D eigenvalue weighted by Gasteiger charge is -2.27. The van der Waals surface area contributed by atoms with Crippen molar-refractivity contribution in [1.82, 2.24) is 10.2 Å². The summed E-state index contributed by atoms with van der Waals surface area (Å²) in [6.07, 6.45) is 1.10. The highest BCUT2D eigenvalue weighted by Gasteiger charge is 2.33. The van der Waals surface area contributed by atoms with E-state index < -0.39 is 0 Å². The molecule has 2 rings (SSSR count). The molecule has 4 nitrogen and oxygen atoms in total. The Morgan fingerprint density at radius 3 is 2.82 bits per heavy atom. The predicted molar refractivity (Wildman–Crippen MR) is 66.7 cm³/mol. The van der Waals surface area contributed by atoms with Crippen LogP contribution in [0.4, 0.5) is 0 Å². The fraction of sp³-hybridized carbons (Fsp3) is 0.923. The number of carbonyl (C=O) groups excluding carboxylic acids is 1. The summed E-state index contributed by atoms with van der Waals surface area (Å²) in [4.78, 5) is 14.4. The Bertz CT molecular complexity index is 264. The fourth-order valence-electron chi connectivity index (χ4n) is 2.79. The van der Waals surface area contributed by atoms with Crippen LogP contribution >= 0.6 is 0 Å². The quantitative estimate of drug-likeness (QED) is 0.787. The number of amides is 1. The molecule has 0 aromatic heterocycles. The summed E-state index contributed by atoms with van der Waals surface area (Å²) in [5.74, 6) is 1.52. The zero-order chi connectivity index (χ0) is 12.3. The molecule has 2 aliphatic heterocycles. The molecule has 1 amide bonds. The van der Waals surface area contributed by atoms with Crippen LogP contribution in [0.2, 0.25) is 0 Å². The van der Waals surface area contributed by atoms with Gasteiger partial charge < -0.3 is 15.0 Å². The summed E-state index contributed by atoms with van der Waals surface area (Å²) >= 11 is 0. The molecule has 0 saturated carbocycles. The Hall–Kier alpha value is -0.610. The van der Waals surface area contributed by atoms with Crippen LogP contribution in [0.1, 0.15) is 20.3 Å². The molecule has 17 heavy (non-hydrogen) atoms. The second-order valence-electron chi connectivity index (χ2n) is 5.35. The van der Waals surface area contributed by atoms with Gasteiger partial charge in [0.1, 0.15) is 0 Å². The molecule has 2 saturated heterocycles. The minimum absolute atomic E-state index is 0.178. The third-order valence-electron chi connectivity index (χ3n) is 4.03. The second-order valence-corrected chi connectivity index (χ2v) is 5.35. The molecule has 2 aliphatic rings. The van der Waals surface area contributed by atoms with E-state index in [2.05, 4.69) is 19.2 Å². The highest BCUT2D eigenvalue weighted by molar-refractivity contribution is 5.79. The van der Waals surface area contributed by atoms with E-state index >= 15 is 0 Å². The van der Waals surface area contributed by atoms with E-state index in [4.69, 9.17) is 4.74 Å². The molecule has 3 atom stereocenters. The van der Waals surface area contributed by atoms with Crippen LogP contribution in [0, 0.1) is 17.8 Å². The molecule has 0 aliphatic carbocycles. The topological polar surface area (TPSA) is 41.6 Å². The molecular weight excluding hydrogens is 216 g/mol. The van der Waals surface area contributed by atoms with E-state index in [-0.39, 0.29) is 5.92 Å². The van der Waals surface area contributed by atoms with Gasteiger partial charge in [0.25, 0.3) is 0 Å². The van der Waals surface area contributed by atoms with Crippen molar-refractivity contribution >= 4 is 5.91 Å². The molecule has 0 bridgehead atoms. The first-order chi connectivity index (χ1) is 8.22. The van der Waals surface area contributed by atoms with Crippen LogP contribution in [0.3, 0.4) is 0 Å². The van der Waals surface area contributed by atoms with Crippen LogP contribution < -0.4 is 5.32 Å². The Balaban J connectivity index is 1.89. The number of nitrogens with one attached hydrogen (secondary N) is 1. The van der Waals surface area contributed by atoms with Crippen LogP contribution in [0.5, 0.6) is 0 Å². The summed E-state index contributed by atoms with van der Waals surface area (Å²) in [5, 5.41) is 3.30. The minimum Gasteiger partial charge on any atom is -0.381 e. The summed E-state index contributed by atoms with van der Waals surface area (Å²) in [7, 11) is 0. The average molecular weight is 240 g/mol. The monoisotopic (exact) mass is 240 g/mol. The SMILES string of the molecule is CCN(CC1CCOC1)C(=O)C1CNCC1C. The first-order valence-electron chi connectivity index (χ1n) is 6.79. The maximum atomic E-state index is 12.4. The molecule has 0 aromatic rings. The maximum absolute atomic E-state index is 12.4. The van der Waals surface area contributed by atoms with Crippen LogP contribution in [0.25, 0.3) is 0 Å². The molecule has 0 spiro atoms. The standard InChI is InChI=1S/C13H24N2O2/c1-3-15(8-11-4-5-17-9-11)13(16)12-7-14-6-10(12)2/h10-12,14H,3-9H2,1-2H3. The molecule has 1 N–H and O–H groups in total. The van der Waals surface area contributed by atoms with Crippen molar-refractivity contribution in [3.8, 4) is 0 Å². The number of nitrogens with zero attached hydrogens (tertiary/aromatic N) is 1. The molecule has 98 valence electrons. The number of hydrogen-bond donors (Lipinski definition) is 1. The lowest BCUT2D eigenvalue weighted by molar-refractivity contribution is -0.136. The molecule has 4 heteroatoms. The van der Waals surface area contributed by atoms with Crippen molar-refractivity contribution in [2.45, 2.75) is 20.3 Å². The molecule has 3 unspecified atom stereocenters. The van der Waals surface area contributed by atoms with Gasteiger partial charge >= 0.3 is 0 Å². The van der Waals surface area contributed by atoms with E-state index in [0.29, 0.717) is 17.7 Å².